The molecule has 1 N–H and O–H groups in total. The molecular formula is C25H38N2O7. The van der Waals surface area contributed by atoms with Crippen molar-refractivity contribution in [3.8, 4) is 11.5 Å². The first-order valence-electron chi connectivity index (χ1n) is 11.9. The quantitative estimate of drug-likeness (QED) is 0.420. The molecule has 1 aliphatic heterocycles. The first-order valence-corrected chi connectivity index (χ1v) is 11.9. The second kappa shape index (κ2) is 13.2. The van der Waals surface area contributed by atoms with Crippen LogP contribution < -0.4 is 14.8 Å². The lowest BCUT2D eigenvalue weighted by molar-refractivity contribution is -0.153. The van der Waals surface area contributed by atoms with Crippen molar-refractivity contribution in [2.75, 3.05) is 13.9 Å². The number of carbonyl (C=O) groups is 3. The van der Waals surface area contributed by atoms with E-state index in [2.05, 4.69) is 31.1 Å². The number of hydrogen-bond acceptors (Lipinski definition) is 8. The Labute approximate surface area is 201 Å². The Morgan fingerprint density at radius 3 is 2.65 bits per heavy atom. The summed E-state index contributed by atoms with van der Waals surface area (Å²) in [7, 11) is 1.42. The van der Waals surface area contributed by atoms with Crippen molar-refractivity contribution in [1.82, 2.24) is 10.3 Å². The molecular weight excluding hydrogens is 440 g/mol. The molecule has 1 amide bonds. The van der Waals surface area contributed by atoms with Gasteiger partial charge in [0.05, 0.1) is 7.11 Å². The van der Waals surface area contributed by atoms with Crippen LogP contribution in [0.2, 0.25) is 0 Å². The first kappa shape index (κ1) is 27.4. The lowest BCUT2D eigenvalue weighted by atomic mass is 9.81. The Kier molecular flexibility index (Phi) is 10.6. The maximum atomic E-state index is 13.1. The normalized spacial score (nSPS) is 23.2. The number of nitrogens with one attached hydrogen (secondary N) is 1. The van der Waals surface area contributed by atoms with Gasteiger partial charge in [0.2, 0.25) is 6.79 Å². The standard InChI is InChI=1S/C25H38N2O7/c1-15(2)10-11-19-8-7-9-20(25(30)34-17(4)16(19)3)27-24(29)22-23(33-14-32-18(5)28)21(31-6)12-13-26-22/h12-13,15-17,19-20H,7-11,14H2,1-6H3,(H,27,29)/t16-,17-,19+,20-/m0/s1. The number of pyridine rings is 1. The number of cyclic esters (lactones) is 1. The predicted octanol–water partition coefficient (Wildman–Crippen LogP) is 3.89. The summed E-state index contributed by atoms with van der Waals surface area (Å²) < 4.78 is 21.3. The lowest BCUT2D eigenvalue weighted by Crippen LogP contribution is -2.43. The fraction of sp³-hybridized carbons (Fsp3) is 0.680. The maximum absolute atomic E-state index is 13.1. The van der Waals surface area contributed by atoms with Crippen molar-refractivity contribution in [3.05, 3.63) is 18.0 Å². The van der Waals surface area contributed by atoms with Gasteiger partial charge in [-0.3, -0.25) is 9.59 Å². The molecule has 9 heteroatoms. The van der Waals surface area contributed by atoms with Crippen LogP contribution in [-0.4, -0.2) is 48.9 Å². The van der Waals surface area contributed by atoms with E-state index in [4.69, 9.17) is 18.9 Å². The molecule has 0 unspecified atom stereocenters. The van der Waals surface area contributed by atoms with Crippen molar-refractivity contribution in [2.24, 2.45) is 17.8 Å². The first-order chi connectivity index (χ1) is 16.1. The summed E-state index contributed by atoms with van der Waals surface area (Å²) in [4.78, 5) is 41.2. The molecule has 190 valence electrons. The van der Waals surface area contributed by atoms with E-state index < -0.39 is 30.7 Å². The molecule has 1 aliphatic rings. The van der Waals surface area contributed by atoms with Crippen molar-refractivity contribution in [2.45, 2.75) is 78.9 Å². The zero-order chi connectivity index (χ0) is 25.3. The molecule has 1 saturated heterocycles. The number of rotatable bonds is 9. The van der Waals surface area contributed by atoms with Crippen LogP contribution in [0.1, 0.15) is 77.2 Å². The van der Waals surface area contributed by atoms with Crippen molar-refractivity contribution in [3.63, 3.8) is 0 Å². The number of esters is 2. The van der Waals surface area contributed by atoms with E-state index in [0.717, 1.165) is 25.7 Å². The van der Waals surface area contributed by atoms with Gasteiger partial charge in [0.15, 0.2) is 17.2 Å². The van der Waals surface area contributed by atoms with E-state index in [1.54, 1.807) is 0 Å². The molecule has 1 fully saturated rings. The summed E-state index contributed by atoms with van der Waals surface area (Å²) in [6.45, 7) is 9.32. The van der Waals surface area contributed by atoms with E-state index >= 15 is 0 Å². The maximum Gasteiger partial charge on any atom is 0.328 e. The molecule has 1 aromatic rings. The second-order valence-electron chi connectivity index (χ2n) is 9.28. The zero-order valence-corrected chi connectivity index (χ0v) is 21.1. The summed E-state index contributed by atoms with van der Waals surface area (Å²) in [5.41, 5.74) is -0.0737. The number of ether oxygens (including phenoxy) is 4. The minimum atomic E-state index is -0.805. The summed E-state index contributed by atoms with van der Waals surface area (Å²) in [6.07, 6.45) is 5.60. The van der Waals surface area contributed by atoms with Crippen LogP contribution in [0, 0.1) is 17.8 Å². The fourth-order valence-corrected chi connectivity index (χ4v) is 4.10. The molecule has 1 aromatic heterocycles. The molecule has 0 bridgehead atoms. The van der Waals surface area contributed by atoms with Gasteiger partial charge >= 0.3 is 11.9 Å². The topological polar surface area (TPSA) is 113 Å². The van der Waals surface area contributed by atoms with Crippen LogP contribution in [0.5, 0.6) is 11.5 Å². The molecule has 0 aliphatic carbocycles. The third-order valence-corrected chi connectivity index (χ3v) is 6.33. The van der Waals surface area contributed by atoms with E-state index in [9.17, 15) is 14.4 Å². The Morgan fingerprint density at radius 1 is 1.26 bits per heavy atom. The lowest BCUT2D eigenvalue weighted by Gasteiger charge is -2.28. The van der Waals surface area contributed by atoms with Gasteiger partial charge in [-0.25, -0.2) is 9.78 Å². The summed E-state index contributed by atoms with van der Waals surface area (Å²) in [5.74, 6) is 0.00206. The molecule has 0 saturated carbocycles. The van der Waals surface area contributed by atoms with E-state index in [1.807, 2.05) is 6.92 Å². The van der Waals surface area contributed by atoms with E-state index in [0.29, 0.717) is 18.3 Å². The molecule has 9 nitrogen and oxygen atoms in total. The summed E-state index contributed by atoms with van der Waals surface area (Å²) in [5, 5.41) is 2.75. The highest BCUT2D eigenvalue weighted by Gasteiger charge is 2.32. The largest absolute Gasteiger partial charge is 0.493 e. The van der Waals surface area contributed by atoms with Crippen LogP contribution >= 0.6 is 0 Å². The van der Waals surface area contributed by atoms with E-state index in [-0.39, 0.29) is 29.2 Å². The van der Waals surface area contributed by atoms with Gasteiger partial charge in [-0.15, -0.1) is 0 Å². The van der Waals surface area contributed by atoms with Crippen molar-refractivity contribution < 1.29 is 33.3 Å². The number of aromatic nitrogens is 1. The molecule has 0 radical (unpaired) electrons. The van der Waals surface area contributed by atoms with Gasteiger partial charge in [-0.2, -0.15) is 0 Å². The average molecular weight is 479 g/mol. The zero-order valence-electron chi connectivity index (χ0n) is 21.1. The number of nitrogens with zero attached hydrogens (tertiary/aromatic N) is 1. The van der Waals surface area contributed by atoms with Gasteiger partial charge in [0, 0.05) is 19.2 Å². The van der Waals surface area contributed by atoms with Crippen LogP contribution in [-0.2, 0) is 19.1 Å². The molecule has 4 atom stereocenters. The Bertz CT molecular complexity index is 843. The molecule has 2 rings (SSSR count). The van der Waals surface area contributed by atoms with Gasteiger partial charge < -0.3 is 24.3 Å². The van der Waals surface area contributed by atoms with Gasteiger partial charge in [-0.1, -0.05) is 33.6 Å². The van der Waals surface area contributed by atoms with Crippen LogP contribution in [0.25, 0.3) is 0 Å². The highest BCUT2D eigenvalue weighted by Crippen LogP contribution is 2.32. The number of hydrogen-bond donors (Lipinski definition) is 1. The Morgan fingerprint density at radius 2 is 2.00 bits per heavy atom. The monoisotopic (exact) mass is 478 g/mol. The minimum absolute atomic E-state index is 0.0240. The minimum Gasteiger partial charge on any atom is -0.493 e. The number of amides is 1. The van der Waals surface area contributed by atoms with Crippen LogP contribution in [0.15, 0.2) is 12.3 Å². The average Bonchev–Trinajstić information content (AvgIpc) is 2.83. The van der Waals surface area contributed by atoms with E-state index in [1.165, 1.54) is 26.3 Å². The highest BCUT2D eigenvalue weighted by atomic mass is 16.7. The summed E-state index contributed by atoms with van der Waals surface area (Å²) in [6, 6.07) is 0.717. The number of methoxy groups -OCH3 is 1. The van der Waals surface area contributed by atoms with Crippen molar-refractivity contribution >= 4 is 17.8 Å². The molecule has 34 heavy (non-hydrogen) atoms. The smallest absolute Gasteiger partial charge is 0.328 e. The van der Waals surface area contributed by atoms with Gasteiger partial charge in [-0.05, 0) is 43.9 Å². The SMILES string of the molecule is COc1ccnc(C(=O)N[C@H]2CCC[C@H](CCC(C)C)[C@@H](C)[C@H](C)OC2=O)c1OCOC(C)=O. The Hall–Kier alpha value is -2.84. The van der Waals surface area contributed by atoms with Crippen LogP contribution in [0.4, 0.5) is 0 Å². The third-order valence-electron chi connectivity index (χ3n) is 6.33. The highest BCUT2D eigenvalue weighted by molar-refractivity contribution is 5.98. The molecule has 2 heterocycles. The second-order valence-corrected chi connectivity index (χ2v) is 9.28. The van der Waals surface area contributed by atoms with Gasteiger partial charge in [0.25, 0.3) is 5.91 Å². The van der Waals surface area contributed by atoms with Gasteiger partial charge in [0.1, 0.15) is 12.1 Å². The third kappa shape index (κ3) is 7.88. The number of carbonyl (C=O) groups excluding carboxylic acids is 3. The van der Waals surface area contributed by atoms with Crippen LogP contribution in [0.3, 0.4) is 0 Å². The predicted molar refractivity (Wildman–Crippen MR) is 125 cm³/mol. The molecule has 0 spiro atoms. The summed E-state index contributed by atoms with van der Waals surface area (Å²) >= 11 is 0. The fourth-order valence-electron chi connectivity index (χ4n) is 4.10. The van der Waals surface area contributed by atoms with Crippen molar-refractivity contribution in [1.29, 1.82) is 0 Å². The Balaban J connectivity index is 2.15. The molecule has 0 aromatic carbocycles.